The topological polar surface area (TPSA) is 53.5 Å². The van der Waals surface area contributed by atoms with Crippen LogP contribution in [0.2, 0.25) is 0 Å². The van der Waals surface area contributed by atoms with Gasteiger partial charge in [0.05, 0.1) is 49.8 Å². The molecule has 0 saturated carbocycles. The van der Waals surface area contributed by atoms with E-state index in [1.54, 1.807) is 18.2 Å². The van der Waals surface area contributed by atoms with Crippen molar-refractivity contribution in [2.45, 2.75) is 0 Å². The first-order valence-electron chi connectivity index (χ1n) is 20.5. The highest BCUT2D eigenvalue weighted by molar-refractivity contribution is 6.11. The molecule has 0 aliphatic rings. The Morgan fingerprint density at radius 1 is 0.353 bits per heavy atom. The van der Waals surface area contributed by atoms with Crippen molar-refractivity contribution in [3.8, 4) is 29.0 Å². The molecule has 0 bridgehead atoms. The predicted molar refractivity (Wildman–Crippen MR) is 208 cm³/mol. The van der Waals surface area contributed by atoms with Gasteiger partial charge < -0.3 is 4.57 Å². The largest absolute Gasteiger partial charge is 0.309 e. The molecule has 51 heavy (non-hydrogen) atoms. The van der Waals surface area contributed by atoms with Crippen LogP contribution in [0.5, 0.6) is 0 Å². The van der Waals surface area contributed by atoms with Crippen LogP contribution in [0.4, 0.5) is 0 Å². The van der Waals surface area contributed by atoms with Gasteiger partial charge in [0, 0.05) is 37.9 Å². The van der Waals surface area contributed by atoms with Crippen LogP contribution in [0, 0.1) is 0 Å². The van der Waals surface area contributed by atoms with Gasteiger partial charge in [-0.3, -0.25) is 9.13 Å². The second kappa shape index (κ2) is 10.7. The van der Waals surface area contributed by atoms with Gasteiger partial charge in [0.25, 0.3) is 0 Å². The quantitative estimate of drug-likeness (QED) is 0.189. The van der Waals surface area contributed by atoms with Crippen molar-refractivity contribution in [1.82, 2.24) is 28.7 Å². The number of hydrogen-bond donors (Lipinski definition) is 0. The van der Waals surface area contributed by atoms with E-state index < -0.39 is 48.3 Å². The van der Waals surface area contributed by atoms with Gasteiger partial charge in [-0.25, -0.2) is 0 Å². The summed E-state index contributed by atoms with van der Waals surface area (Å²) in [7, 11) is 0. The third-order valence-electron chi connectivity index (χ3n) is 9.59. The highest BCUT2D eigenvalue weighted by Crippen LogP contribution is 2.37. The fraction of sp³-hybridized carbons (Fsp3) is 0. The molecule has 11 aromatic rings. The van der Waals surface area contributed by atoms with E-state index in [1.807, 2.05) is 88.0 Å². The molecule has 0 aliphatic carbocycles. The fourth-order valence-corrected chi connectivity index (χ4v) is 7.47. The molecule has 0 unspecified atom stereocenters. The Labute approximate surface area is 303 Å². The van der Waals surface area contributed by atoms with Crippen LogP contribution in [-0.2, 0) is 0 Å². The Kier molecular flexibility index (Phi) is 4.44. The van der Waals surface area contributed by atoms with Gasteiger partial charge in [-0.2, -0.15) is 15.0 Å². The van der Waals surface area contributed by atoms with Gasteiger partial charge in [0.15, 0.2) is 5.82 Å². The van der Waals surface area contributed by atoms with Gasteiger partial charge in [-0.05, 0) is 48.5 Å². The first kappa shape index (κ1) is 21.1. The average Bonchev–Trinajstić information content (AvgIpc) is 3.93. The monoisotopic (exact) mass is 660 g/mol. The van der Waals surface area contributed by atoms with Crippen LogP contribution in [0.3, 0.4) is 0 Å². The predicted octanol–water partition coefficient (Wildman–Crippen LogP) is 10.8. The normalized spacial score (nSPS) is 14.1. The average molecular weight is 661 g/mol. The third kappa shape index (κ3) is 4.01. The van der Waals surface area contributed by atoms with E-state index in [1.165, 1.54) is 4.57 Å². The lowest BCUT2D eigenvalue weighted by atomic mass is 10.1. The van der Waals surface area contributed by atoms with Crippen molar-refractivity contribution in [2.75, 3.05) is 0 Å². The molecule has 0 radical (unpaired) electrons. The van der Waals surface area contributed by atoms with Gasteiger partial charge in [0.1, 0.15) is 0 Å². The van der Waals surface area contributed by atoms with Crippen molar-refractivity contribution < 1.29 is 11.0 Å². The summed E-state index contributed by atoms with van der Waals surface area (Å²) in [6, 6.07) is 35.7. The summed E-state index contributed by atoms with van der Waals surface area (Å²) < 4.78 is 76.2. The number of nitrogens with zero attached hydrogens (tertiary/aromatic N) is 6. The summed E-state index contributed by atoms with van der Waals surface area (Å²) in [5.74, 6) is 0.872. The molecule has 0 amide bonds. The van der Waals surface area contributed by atoms with E-state index >= 15 is 0 Å². The summed E-state index contributed by atoms with van der Waals surface area (Å²) >= 11 is 0. The number of rotatable bonds is 4. The van der Waals surface area contributed by atoms with E-state index in [2.05, 4.69) is 24.3 Å². The van der Waals surface area contributed by atoms with E-state index in [9.17, 15) is 0 Å². The van der Waals surface area contributed by atoms with Crippen LogP contribution in [0.15, 0.2) is 170 Å². The van der Waals surface area contributed by atoms with Gasteiger partial charge in [0.2, 0.25) is 11.9 Å². The first-order valence-corrected chi connectivity index (χ1v) is 16.5. The SMILES string of the molecule is [2H]c1c([2H])c([2H])c2c(c1[2H])c1c([2H])c([2H])c([2H])c([2H])c1n2-c1ccccc1-c1nc(-n2c3ccccc3c3ccccc32)nc(-n2c3ccccc3c3ccccc32)n1. The third-order valence-corrected chi connectivity index (χ3v) is 9.59. The molecule has 0 fully saturated rings. The summed E-state index contributed by atoms with van der Waals surface area (Å²) in [6.07, 6.45) is 0. The number of hydrogen-bond acceptors (Lipinski definition) is 3. The molecule has 4 heterocycles. The van der Waals surface area contributed by atoms with Crippen LogP contribution in [0.1, 0.15) is 11.0 Å². The van der Waals surface area contributed by atoms with Crippen LogP contribution in [-0.4, -0.2) is 28.7 Å². The summed E-state index contributed by atoms with van der Waals surface area (Å²) in [6.45, 7) is 0. The van der Waals surface area contributed by atoms with Crippen molar-refractivity contribution >= 4 is 65.4 Å². The van der Waals surface area contributed by atoms with E-state index in [-0.39, 0.29) is 27.6 Å². The highest BCUT2D eigenvalue weighted by Gasteiger charge is 2.22. The zero-order valence-electron chi connectivity index (χ0n) is 34.7. The molecule has 6 nitrogen and oxygen atoms in total. The molecule has 6 heteroatoms. The van der Waals surface area contributed by atoms with Crippen molar-refractivity contribution in [2.24, 2.45) is 0 Å². The van der Waals surface area contributed by atoms with Crippen LogP contribution in [0.25, 0.3) is 94.4 Å². The Balaban J connectivity index is 1.30. The molecule has 0 N–H and O–H groups in total. The van der Waals surface area contributed by atoms with Crippen molar-refractivity contribution in [3.05, 3.63) is 170 Å². The Morgan fingerprint density at radius 2 is 0.745 bits per heavy atom. The number of benzene rings is 7. The molecule has 0 saturated heterocycles. The molecule has 238 valence electrons. The number of para-hydroxylation sites is 7. The van der Waals surface area contributed by atoms with E-state index in [0.717, 1.165) is 43.6 Å². The Bertz CT molecular complexity index is 3310. The lowest BCUT2D eigenvalue weighted by Gasteiger charge is -2.16. The maximum atomic E-state index is 9.16. The molecule has 11 rings (SSSR count). The summed E-state index contributed by atoms with van der Waals surface area (Å²) in [5.41, 5.74) is 4.29. The highest BCUT2D eigenvalue weighted by atomic mass is 15.3. The van der Waals surface area contributed by atoms with Crippen molar-refractivity contribution in [1.29, 1.82) is 0 Å². The standard InChI is InChI=1S/C45H28N6/c1-8-22-36-29(15-1)30-16-2-9-23-37(30)49(36)42-28-14-7-21-35(42)43-46-44(50-38-24-10-3-17-31(38)32-18-4-11-25-39(32)50)48-45(47-43)51-40-26-12-5-19-33(40)34-20-6-13-27-41(34)51/h1-28H/i1D,2D,8D,9D,15D,16D,22D,23D. The second-order valence-electron chi connectivity index (χ2n) is 12.3. The lowest BCUT2D eigenvalue weighted by molar-refractivity contribution is 0.892. The van der Waals surface area contributed by atoms with Gasteiger partial charge in [-0.1, -0.05) is 121 Å². The summed E-state index contributed by atoms with van der Waals surface area (Å²) in [4.78, 5) is 15.6. The van der Waals surface area contributed by atoms with Crippen molar-refractivity contribution in [3.63, 3.8) is 0 Å². The minimum Gasteiger partial charge on any atom is -0.309 e. The zero-order chi connectivity index (χ0) is 40.4. The molecule has 4 aromatic heterocycles. The second-order valence-corrected chi connectivity index (χ2v) is 12.3. The first-order chi connectivity index (χ1) is 28.7. The molecular weight excluding hydrogens is 625 g/mol. The minimum atomic E-state index is -0.508. The smallest absolute Gasteiger partial charge is 0.240 e. The molecular formula is C45H28N6. The molecule has 7 aromatic carbocycles. The van der Waals surface area contributed by atoms with Gasteiger partial charge in [-0.15, -0.1) is 0 Å². The molecule has 0 aliphatic heterocycles. The maximum absolute atomic E-state index is 9.16. The van der Waals surface area contributed by atoms with Crippen LogP contribution < -0.4 is 0 Å². The Hall–Kier alpha value is -7.05. The van der Waals surface area contributed by atoms with Crippen LogP contribution >= 0.6 is 0 Å². The van der Waals surface area contributed by atoms with E-state index in [4.69, 9.17) is 25.9 Å². The van der Waals surface area contributed by atoms with Gasteiger partial charge >= 0.3 is 0 Å². The summed E-state index contributed by atoms with van der Waals surface area (Å²) in [5, 5.41) is 4.02. The minimum absolute atomic E-state index is 0.00440. The fourth-order valence-electron chi connectivity index (χ4n) is 7.47. The zero-order valence-corrected chi connectivity index (χ0v) is 26.7. The lowest BCUT2D eigenvalue weighted by Crippen LogP contribution is -2.11. The number of fused-ring (bicyclic) bond motifs is 9. The molecule has 0 atom stereocenters. The Morgan fingerprint density at radius 3 is 1.22 bits per heavy atom. The maximum Gasteiger partial charge on any atom is 0.240 e. The molecule has 0 spiro atoms. The van der Waals surface area contributed by atoms with E-state index in [0.29, 0.717) is 23.1 Å². The number of aromatic nitrogens is 6.